The van der Waals surface area contributed by atoms with Gasteiger partial charge < -0.3 is 0 Å². The average molecular weight is 407 g/mol. The molecule has 0 spiro atoms. The molecule has 0 fully saturated rings. The molecule has 0 saturated heterocycles. The van der Waals surface area contributed by atoms with Gasteiger partial charge in [-0.2, -0.15) is 0 Å². The van der Waals surface area contributed by atoms with Crippen molar-refractivity contribution in [1.29, 1.82) is 0 Å². The average Bonchev–Trinajstić information content (AvgIpc) is 2.88. The summed E-state index contributed by atoms with van der Waals surface area (Å²) < 4.78 is 0. The summed E-state index contributed by atoms with van der Waals surface area (Å²) in [5.41, 5.74) is 7.63. The largest absolute Gasteiger partial charge is 0.0622 e. The highest BCUT2D eigenvalue weighted by Gasteiger charge is 2.18. The van der Waals surface area contributed by atoms with Crippen molar-refractivity contribution in [3.63, 3.8) is 0 Å². The van der Waals surface area contributed by atoms with E-state index < -0.39 is 0 Å². The summed E-state index contributed by atoms with van der Waals surface area (Å²) in [4.78, 5) is 0. The highest BCUT2D eigenvalue weighted by Crippen LogP contribution is 2.45. The van der Waals surface area contributed by atoms with Crippen LogP contribution in [0.2, 0.25) is 0 Å². The Labute approximate surface area is 188 Å². The zero-order valence-electron chi connectivity index (χ0n) is 17.7. The molecule has 0 atom stereocenters. The van der Waals surface area contributed by atoms with E-state index in [0.29, 0.717) is 0 Å². The summed E-state index contributed by atoms with van der Waals surface area (Å²) in [6.07, 6.45) is 0. The second-order valence-electron chi connectivity index (χ2n) is 8.12. The second kappa shape index (κ2) is 7.83. The zero-order valence-corrected chi connectivity index (χ0v) is 17.7. The third kappa shape index (κ3) is 3.01. The molecule has 0 nitrogen and oxygen atoms in total. The minimum Gasteiger partial charge on any atom is -0.0622 e. The van der Waals surface area contributed by atoms with E-state index in [-0.39, 0.29) is 0 Å². The van der Waals surface area contributed by atoms with E-state index in [0.717, 1.165) is 0 Å². The molecule has 0 heteroatoms. The van der Waals surface area contributed by atoms with Gasteiger partial charge in [-0.15, -0.1) is 0 Å². The van der Waals surface area contributed by atoms with Crippen LogP contribution in [0.25, 0.3) is 54.9 Å². The molecule has 0 aliphatic carbocycles. The Morgan fingerprint density at radius 1 is 0.250 bits per heavy atom. The van der Waals surface area contributed by atoms with Crippen molar-refractivity contribution >= 4 is 21.5 Å². The first kappa shape index (κ1) is 18.6. The molecule has 0 radical (unpaired) electrons. The van der Waals surface area contributed by atoms with Crippen molar-refractivity contribution < 1.29 is 0 Å². The number of hydrogen-bond acceptors (Lipinski definition) is 0. The third-order valence-corrected chi connectivity index (χ3v) is 6.28. The van der Waals surface area contributed by atoms with Gasteiger partial charge in [0.05, 0.1) is 0 Å². The Bertz CT molecular complexity index is 1490. The molecule has 0 N–H and O–H groups in total. The first-order valence-corrected chi connectivity index (χ1v) is 11.1. The molecule has 6 rings (SSSR count). The first-order valence-electron chi connectivity index (χ1n) is 11.1. The SMILES string of the molecule is c1ccc(-c2ccccc2-c2c3ccccc3c(-c3ccccc3)c3ccccc23)cc1. The third-order valence-electron chi connectivity index (χ3n) is 6.28. The van der Waals surface area contributed by atoms with E-state index in [1.165, 1.54) is 54.9 Å². The van der Waals surface area contributed by atoms with Crippen LogP contribution in [0.3, 0.4) is 0 Å². The summed E-state index contributed by atoms with van der Waals surface area (Å²) in [5.74, 6) is 0. The molecule has 150 valence electrons. The fraction of sp³-hybridized carbons (Fsp3) is 0. The maximum atomic E-state index is 2.27. The van der Waals surface area contributed by atoms with Crippen LogP contribution in [0.4, 0.5) is 0 Å². The highest BCUT2D eigenvalue weighted by molar-refractivity contribution is 6.22. The Morgan fingerprint density at radius 3 is 1.16 bits per heavy atom. The van der Waals surface area contributed by atoms with Crippen LogP contribution in [0, 0.1) is 0 Å². The van der Waals surface area contributed by atoms with Crippen molar-refractivity contribution in [2.24, 2.45) is 0 Å². The number of benzene rings is 6. The molecular weight excluding hydrogens is 384 g/mol. The van der Waals surface area contributed by atoms with E-state index >= 15 is 0 Å². The lowest BCUT2D eigenvalue weighted by molar-refractivity contribution is 1.60. The fourth-order valence-electron chi connectivity index (χ4n) is 4.90. The molecular formula is C32H22. The first-order chi connectivity index (χ1) is 15.9. The van der Waals surface area contributed by atoms with E-state index in [1.807, 2.05) is 0 Å². The molecule has 6 aromatic rings. The molecule has 0 saturated carbocycles. The molecule has 0 aliphatic rings. The molecule has 0 bridgehead atoms. The van der Waals surface area contributed by atoms with Crippen LogP contribution in [0.1, 0.15) is 0 Å². The minimum absolute atomic E-state index is 1.24. The maximum Gasteiger partial charge on any atom is -0.00201 e. The van der Waals surface area contributed by atoms with Crippen LogP contribution in [-0.4, -0.2) is 0 Å². The summed E-state index contributed by atoms with van der Waals surface area (Å²) in [7, 11) is 0. The summed E-state index contributed by atoms with van der Waals surface area (Å²) in [5, 5.41) is 5.15. The zero-order chi connectivity index (χ0) is 21.3. The molecule has 32 heavy (non-hydrogen) atoms. The van der Waals surface area contributed by atoms with Gasteiger partial charge in [0.2, 0.25) is 0 Å². The van der Waals surface area contributed by atoms with E-state index in [9.17, 15) is 0 Å². The number of hydrogen-bond donors (Lipinski definition) is 0. The molecule has 0 aromatic heterocycles. The number of rotatable bonds is 3. The van der Waals surface area contributed by atoms with E-state index in [1.54, 1.807) is 0 Å². The molecule has 0 unspecified atom stereocenters. The van der Waals surface area contributed by atoms with Crippen molar-refractivity contribution in [2.75, 3.05) is 0 Å². The van der Waals surface area contributed by atoms with Gasteiger partial charge in [0.15, 0.2) is 0 Å². The van der Waals surface area contributed by atoms with Gasteiger partial charge in [-0.1, -0.05) is 133 Å². The van der Waals surface area contributed by atoms with Gasteiger partial charge >= 0.3 is 0 Å². The van der Waals surface area contributed by atoms with Gasteiger partial charge in [-0.05, 0) is 54.9 Å². The Morgan fingerprint density at radius 2 is 0.625 bits per heavy atom. The summed E-state index contributed by atoms with van der Waals surface area (Å²) in [6, 6.07) is 47.9. The molecule has 0 amide bonds. The van der Waals surface area contributed by atoms with Gasteiger partial charge in [0, 0.05) is 0 Å². The van der Waals surface area contributed by atoms with Gasteiger partial charge in [0.25, 0.3) is 0 Å². The highest BCUT2D eigenvalue weighted by atomic mass is 14.2. The second-order valence-corrected chi connectivity index (χ2v) is 8.12. The van der Waals surface area contributed by atoms with Crippen LogP contribution in [0.5, 0.6) is 0 Å². The Hall–Kier alpha value is -4.16. The number of fused-ring (bicyclic) bond motifs is 2. The summed E-state index contributed by atoms with van der Waals surface area (Å²) in [6.45, 7) is 0. The van der Waals surface area contributed by atoms with E-state index in [4.69, 9.17) is 0 Å². The van der Waals surface area contributed by atoms with Gasteiger partial charge in [-0.3, -0.25) is 0 Å². The lowest BCUT2D eigenvalue weighted by Crippen LogP contribution is -1.92. The summed E-state index contributed by atoms with van der Waals surface area (Å²) >= 11 is 0. The fourth-order valence-corrected chi connectivity index (χ4v) is 4.90. The maximum absolute atomic E-state index is 2.27. The standard InChI is InChI=1S/C32H22/c1-3-13-23(14-4-1)25-17-7-8-18-26(25)32-29-21-11-9-19-27(29)31(24-15-5-2-6-16-24)28-20-10-12-22-30(28)32/h1-22H. The quantitative estimate of drug-likeness (QED) is 0.257. The minimum atomic E-state index is 1.24. The lowest BCUT2D eigenvalue weighted by atomic mass is 9.84. The van der Waals surface area contributed by atoms with E-state index in [2.05, 4.69) is 133 Å². The molecule has 6 aromatic carbocycles. The van der Waals surface area contributed by atoms with Crippen molar-refractivity contribution in [3.8, 4) is 33.4 Å². The van der Waals surface area contributed by atoms with Crippen LogP contribution in [-0.2, 0) is 0 Å². The Kier molecular flexibility index (Phi) is 4.55. The van der Waals surface area contributed by atoms with Crippen LogP contribution in [0.15, 0.2) is 133 Å². The van der Waals surface area contributed by atoms with Crippen LogP contribution >= 0.6 is 0 Å². The molecule has 0 aliphatic heterocycles. The predicted octanol–water partition coefficient (Wildman–Crippen LogP) is 8.99. The van der Waals surface area contributed by atoms with Gasteiger partial charge in [-0.25, -0.2) is 0 Å². The topological polar surface area (TPSA) is 0 Å². The van der Waals surface area contributed by atoms with Crippen LogP contribution < -0.4 is 0 Å². The van der Waals surface area contributed by atoms with Crippen molar-refractivity contribution in [2.45, 2.75) is 0 Å². The predicted molar refractivity (Wildman–Crippen MR) is 138 cm³/mol. The Balaban J connectivity index is 1.79. The van der Waals surface area contributed by atoms with Crippen molar-refractivity contribution in [1.82, 2.24) is 0 Å². The molecule has 0 heterocycles. The van der Waals surface area contributed by atoms with Crippen molar-refractivity contribution in [3.05, 3.63) is 133 Å². The normalized spacial score (nSPS) is 11.1. The smallest absolute Gasteiger partial charge is 0.00201 e. The lowest BCUT2D eigenvalue weighted by Gasteiger charge is -2.19. The monoisotopic (exact) mass is 406 g/mol. The van der Waals surface area contributed by atoms with Gasteiger partial charge in [0.1, 0.15) is 0 Å².